The lowest BCUT2D eigenvalue weighted by Gasteiger charge is -2.08. The van der Waals surface area contributed by atoms with Crippen molar-refractivity contribution in [3.8, 4) is 11.1 Å². The summed E-state index contributed by atoms with van der Waals surface area (Å²) in [5, 5.41) is 18.2. The van der Waals surface area contributed by atoms with E-state index < -0.39 is 11.9 Å². The molecule has 4 nitrogen and oxygen atoms in total. The Morgan fingerprint density at radius 3 is 2.16 bits per heavy atom. The Hall–Kier alpha value is -2.33. The first-order valence-electron chi connectivity index (χ1n) is 5.36. The van der Waals surface area contributed by atoms with Crippen LogP contribution in [0.4, 0.5) is 0 Å². The number of carboxylic acid groups (broad SMARTS) is 2. The van der Waals surface area contributed by atoms with Crippen LogP contribution in [-0.4, -0.2) is 22.2 Å². The summed E-state index contributed by atoms with van der Waals surface area (Å²) in [6.07, 6.45) is 0. The summed E-state index contributed by atoms with van der Waals surface area (Å²) in [6, 6.07) is 10.8. The predicted octanol–water partition coefficient (Wildman–Crippen LogP) is 3.40. The van der Waals surface area contributed by atoms with Crippen LogP contribution in [0.1, 0.15) is 20.7 Å². The van der Waals surface area contributed by atoms with E-state index in [0.717, 1.165) is 0 Å². The highest BCUT2D eigenvalue weighted by Gasteiger charge is 2.14. The zero-order valence-electron chi connectivity index (χ0n) is 9.63. The topological polar surface area (TPSA) is 74.6 Å². The number of hydrogen-bond donors (Lipinski definition) is 2. The lowest BCUT2D eigenvalue weighted by atomic mass is 9.98. The maximum absolute atomic E-state index is 11.1. The zero-order chi connectivity index (χ0) is 14.0. The maximum Gasteiger partial charge on any atom is 0.337 e. The van der Waals surface area contributed by atoms with Gasteiger partial charge >= 0.3 is 11.9 Å². The van der Waals surface area contributed by atoms with Gasteiger partial charge in [-0.3, -0.25) is 0 Å². The molecule has 0 aliphatic carbocycles. The summed E-state index contributed by atoms with van der Waals surface area (Å²) in [7, 11) is 0. The lowest BCUT2D eigenvalue weighted by molar-refractivity contribution is 0.0687. The van der Waals surface area contributed by atoms with E-state index in [-0.39, 0.29) is 16.1 Å². The third kappa shape index (κ3) is 2.58. The van der Waals surface area contributed by atoms with E-state index in [1.165, 1.54) is 18.2 Å². The molecule has 0 atom stereocenters. The second-order valence-electron chi connectivity index (χ2n) is 3.85. The van der Waals surface area contributed by atoms with Crippen LogP contribution in [0.5, 0.6) is 0 Å². The van der Waals surface area contributed by atoms with Gasteiger partial charge in [-0.1, -0.05) is 35.9 Å². The molecule has 2 aromatic rings. The predicted molar refractivity (Wildman–Crippen MR) is 70.8 cm³/mol. The summed E-state index contributed by atoms with van der Waals surface area (Å²) in [4.78, 5) is 22.2. The number of hydrogen-bond acceptors (Lipinski definition) is 2. The molecule has 5 heteroatoms. The molecule has 2 rings (SSSR count). The molecule has 0 aliphatic rings. The summed E-state index contributed by atoms with van der Waals surface area (Å²) < 4.78 is 0. The Morgan fingerprint density at radius 2 is 1.53 bits per heavy atom. The van der Waals surface area contributed by atoms with E-state index in [2.05, 4.69) is 0 Å². The van der Waals surface area contributed by atoms with Crippen molar-refractivity contribution >= 4 is 23.5 Å². The Balaban J connectivity index is 2.63. The molecule has 0 aromatic heterocycles. The monoisotopic (exact) mass is 276 g/mol. The molecule has 0 radical (unpaired) electrons. The van der Waals surface area contributed by atoms with E-state index in [9.17, 15) is 9.59 Å². The van der Waals surface area contributed by atoms with E-state index >= 15 is 0 Å². The van der Waals surface area contributed by atoms with E-state index in [1.807, 2.05) is 0 Å². The molecule has 0 spiro atoms. The van der Waals surface area contributed by atoms with Gasteiger partial charge in [-0.05, 0) is 29.3 Å². The molecule has 0 fully saturated rings. The van der Waals surface area contributed by atoms with Gasteiger partial charge in [-0.15, -0.1) is 0 Å². The standard InChI is InChI=1S/C14H9ClO4/c15-12-6-5-8(7-11(12)14(18)19)9-3-1-2-4-10(9)13(16)17/h1-7H,(H,16,17)(H,18,19). The van der Waals surface area contributed by atoms with Crippen LogP contribution >= 0.6 is 11.6 Å². The normalized spacial score (nSPS) is 10.2. The molecule has 0 saturated carbocycles. The molecular weight excluding hydrogens is 268 g/mol. The van der Waals surface area contributed by atoms with Gasteiger partial charge in [0.15, 0.2) is 0 Å². The van der Waals surface area contributed by atoms with Crippen molar-refractivity contribution in [3.63, 3.8) is 0 Å². The van der Waals surface area contributed by atoms with Gasteiger partial charge in [0.25, 0.3) is 0 Å². The average molecular weight is 277 g/mol. The highest BCUT2D eigenvalue weighted by molar-refractivity contribution is 6.33. The van der Waals surface area contributed by atoms with Gasteiger partial charge in [0.1, 0.15) is 0 Å². The first-order chi connectivity index (χ1) is 9.00. The number of rotatable bonds is 3. The average Bonchev–Trinajstić information content (AvgIpc) is 2.39. The summed E-state index contributed by atoms with van der Waals surface area (Å²) >= 11 is 5.78. The summed E-state index contributed by atoms with van der Waals surface area (Å²) in [5.74, 6) is -2.22. The largest absolute Gasteiger partial charge is 0.478 e. The van der Waals surface area contributed by atoms with Gasteiger partial charge in [0.2, 0.25) is 0 Å². The molecular formula is C14H9ClO4. The second-order valence-corrected chi connectivity index (χ2v) is 4.26. The minimum absolute atomic E-state index is 0.0561. The first-order valence-corrected chi connectivity index (χ1v) is 5.74. The Labute approximate surface area is 113 Å². The fourth-order valence-electron chi connectivity index (χ4n) is 1.78. The van der Waals surface area contributed by atoms with Gasteiger partial charge in [0.05, 0.1) is 16.1 Å². The van der Waals surface area contributed by atoms with Crippen molar-refractivity contribution in [1.29, 1.82) is 0 Å². The number of carboxylic acids is 2. The molecule has 0 saturated heterocycles. The minimum atomic E-state index is -1.15. The molecule has 2 aromatic carbocycles. The van der Waals surface area contributed by atoms with Crippen LogP contribution in [-0.2, 0) is 0 Å². The second kappa shape index (κ2) is 5.12. The smallest absolute Gasteiger partial charge is 0.337 e. The Morgan fingerprint density at radius 1 is 0.895 bits per heavy atom. The van der Waals surface area contributed by atoms with E-state index in [1.54, 1.807) is 24.3 Å². The maximum atomic E-state index is 11.1. The SMILES string of the molecule is O=C(O)c1cc(-c2ccccc2C(=O)O)ccc1Cl. The molecule has 0 bridgehead atoms. The fraction of sp³-hybridized carbons (Fsp3) is 0. The van der Waals surface area contributed by atoms with Crippen LogP contribution in [0.25, 0.3) is 11.1 Å². The van der Waals surface area contributed by atoms with Crippen LogP contribution in [0.2, 0.25) is 5.02 Å². The van der Waals surface area contributed by atoms with Crippen molar-refractivity contribution < 1.29 is 19.8 Å². The Bertz CT molecular complexity index is 664. The first kappa shape index (κ1) is 13.1. The molecule has 0 heterocycles. The van der Waals surface area contributed by atoms with Crippen LogP contribution in [0, 0.1) is 0 Å². The molecule has 2 N–H and O–H groups in total. The molecule has 19 heavy (non-hydrogen) atoms. The highest BCUT2D eigenvalue weighted by atomic mass is 35.5. The third-order valence-corrected chi connectivity index (χ3v) is 2.99. The molecule has 96 valence electrons. The van der Waals surface area contributed by atoms with Crippen molar-refractivity contribution in [2.24, 2.45) is 0 Å². The molecule has 0 aliphatic heterocycles. The number of carbonyl (C=O) groups is 2. The van der Waals surface area contributed by atoms with Crippen molar-refractivity contribution in [2.45, 2.75) is 0 Å². The van der Waals surface area contributed by atoms with Gasteiger partial charge in [-0.25, -0.2) is 9.59 Å². The van der Waals surface area contributed by atoms with Crippen molar-refractivity contribution in [3.05, 3.63) is 58.6 Å². The van der Waals surface area contributed by atoms with Gasteiger partial charge in [-0.2, -0.15) is 0 Å². The number of benzene rings is 2. The summed E-state index contributed by atoms with van der Waals surface area (Å²) in [5.41, 5.74) is 1.01. The van der Waals surface area contributed by atoms with Crippen LogP contribution in [0.15, 0.2) is 42.5 Å². The summed E-state index contributed by atoms with van der Waals surface area (Å²) in [6.45, 7) is 0. The van der Waals surface area contributed by atoms with Crippen LogP contribution < -0.4 is 0 Å². The van der Waals surface area contributed by atoms with Crippen molar-refractivity contribution in [1.82, 2.24) is 0 Å². The lowest BCUT2D eigenvalue weighted by Crippen LogP contribution is -2.01. The number of halogens is 1. The van der Waals surface area contributed by atoms with Crippen LogP contribution in [0.3, 0.4) is 0 Å². The minimum Gasteiger partial charge on any atom is -0.478 e. The van der Waals surface area contributed by atoms with Gasteiger partial charge in [0, 0.05) is 0 Å². The highest BCUT2D eigenvalue weighted by Crippen LogP contribution is 2.28. The van der Waals surface area contributed by atoms with E-state index in [4.69, 9.17) is 21.8 Å². The molecule has 0 amide bonds. The fourth-order valence-corrected chi connectivity index (χ4v) is 1.98. The quantitative estimate of drug-likeness (QED) is 0.901. The van der Waals surface area contributed by atoms with Gasteiger partial charge < -0.3 is 10.2 Å². The molecule has 0 unspecified atom stereocenters. The number of aromatic carboxylic acids is 2. The van der Waals surface area contributed by atoms with E-state index in [0.29, 0.717) is 11.1 Å². The van der Waals surface area contributed by atoms with Crippen molar-refractivity contribution in [2.75, 3.05) is 0 Å². The Kier molecular flexibility index (Phi) is 3.53. The third-order valence-electron chi connectivity index (χ3n) is 2.67. The zero-order valence-corrected chi connectivity index (χ0v) is 10.4.